The molecule has 0 saturated heterocycles. The second-order valence-corrected chi connectivity index (χ2v) is 21.2. The van der Waals surface area contributed by atoms with Crippen molar-refractivity contribution in [3.05, 3.63) is 279 Å². The lowest BCUT2D eigenvalue weighted by molar-refractivity contribution is 0.845. The number of benzene rings is 13. The molecule has 3 heterocycles. The van der Waals surface area contributed by atoms with Gasteiger partial charge >= 0.3 is 0 Å². The highest BCUT2D eigenvalue weighted by Gasteiger charge is 2.22. The molecule has 0 fully saturated rings. The summed E-state index contributed by atoms with van der Waals surface area (Å²) in [7, 11) is 2.16. The first-order valence-electron chi connectivity index (χ1n) is 27.4. The van der Waals surface area contributed by atoms with Crippen molar-refractivity contribution in [2.45, 2.75) is 6.42 Å². The van der Waals surface area contributed by atoms with Gasteiger partial charge in [0.2, 0.25) is 0 Å². The Balaban J connectivity index is 0.749. The van der Waals surface area contributed by atoms with Gasteiger partial charge in [0, 0.05) is 37.1 Å². The summed E-state index contributed by atoms with van der Waals surface area (Å²) in [6, 6.07) is 93.1. The molecule has 0 atom stereocenters. The van der Waals surface area contributed by atoms with Crippen LogP contribution in [-0.4, -0.2) is 24.1 Å². The van der Waals surface area contributed by atoms with Crippen LogP contribution < -0.4 is 0 Å². The van der Waals surface area contributed by atoms with Gasteiger partial charge in [0.25, 0.3) is 0 Å². The Morgan fingerprint density at radius 3 is 1.36 bits per heavy atom. The number of imidazole rings is 2. The quantitative estimate of drug-likeness (QED) is 0.143. The highest BCUT2D eigenvalue weighted by atomic mass is 15.1. The molecule has 3 aromatic heterocycles. The van der Waals surface area contributed by atoms with Gasteiger partial charge < -0.3 is 4.57 Å². The number of pyridine rings is 1. The molecule has 0 amide bonds. The molecule has 374 valence electrons. The van der Waals surface area contributed by atoms with E-state index < -0.39 is 0 Å². The fraction of sp³-hybridized carbons (Fsp3) is 0.0267. The minimum atomic E-state index is 0.713. The first-order chi connectivity index (χ1) is 39.6. The summed E-state index contributed by atoms with van der Waals surface area (Å²) < 4.78 is 4.54. The Bertz CT molecular complexity index is 5050. The van der Waals surface area contributed by atoms with Gasteiger partial charge in [-0.1, -0.05) is 194 Å². The van der Waals surface area contributed by atoms with Crippen molar-refractivity contribution < 1.29 is 0 Å². The van der Waals surface area contributed by atoms with Crippen LogP contribution in [-0.2, 0) is 13.5 Å². The molecule has 0 N–H and O–H groups in total. The maximum atomic E-state index is 5.32. The average Bonchev–Trinajstić information content (AvgIpc) is 4.14. The Hall–Kier alpha value is -10.5. The van der Waals surface area contributed by atoms with E-state index >= 15 is 0 Å². The van der Waals surface area contributed by atoms with Crippen molar-refractivity contribution in [1.29, 1.82) is 0 Å². The van der Waals surface area contributed by atoms with Crippen LogP contribution in [0.25, 0.3) is 148 Å². The van der Waals surface area contributed by atoms with Crippen molar-refractivity contribution in [1.82, 2.24) is 24.1 Å². The van der Waals surface area contributed by atoms with E-state index in [0.717, 1.165) is 50.5 Å². The van der Waals surface area contributed by atoms with Crippen LogP contribution in [0.2, 0.25) is 0 Å². The third kappa shape index (κ3) is 7.35. The standard InChI is InChI=1S/C75H49N5/c1-79-69-46-56(74-64-25-13-9-21-60(64)71(61-22-10-14-26-65(61)74)53-31-29-48-15-5-6-16-50(48)43-53)33-35-66(69)77-70(79)42-47-27-28-52-44-54(32-30-51(52)41-47)72-58-19-7-11-23-62(58)73(63-24-12-8-20-59(63)72)55-34-36-68-67(45-55)78-75(49-37-39-76-40-38-49)80(68)57-17-3-2-4-18-57/h2-41,43-46H,42H2,1H3. The van der Waals surface area contributed by atoms with Crippen LogP contribution in [0.15, 0.2) is 267 Å². The first kappa shape index (κ1) is 45.7. The Kier molecular flexibility index (Phi) is 10.5. The molecule has 0 spiro atoms. The first-order valence-corrected chi connectivity index (χ1v) is 27.4. The summed E-state index contributed by atoms with van der Waals surface area (Å²) in [5.41, 5.74) is 17.1. The van der Waals surface area contributed by atoms with Gasteiger partial charge in [-0.3, -0.25) is 9.55 Å². The molecule has 0 unspecified atom stereocenters. The van der Waals surface area contributed by atoms with Gasteiger partial charge in [-0.2, -0.15) is 0 Å². The minimum absolute atomic E-state index is 0.713. The highest BCUT2D eigenvalue weighted by molar-refractivity contribution is 6.23. The summed E-state index contributed by atoms with van der Waals surface area (Å²) >= 11 is 0. The fourth-order valence-corrected chi connectivity index (χ4v) is 12.9. The number of hydrogen-bond donors (Lipinski definition) is 0. The van der Waals surface area contributed by atoms with Crippen LogP contribution in [0.3, 0.4) is 0 Å². The molecule has 0 bridgehead atoms. The maximum absolute atomic E-state index is 5.32. The summed E-state index contributed by atoms with van der Waals surface area (Å²) in [5, 5.41) is 14.7. The lowest BCUT2D eigenvalue weighted by atomic mass is 9.85. The molecule has 5 nitrogen and oxygen atoms in total. The van der Waals surface area contributed by atoms with E-state index in [-0.39, 0.29) is 0 Å². The van der Waals surface area contributed by atoms with E-state index in [4.69, 9.17) is 9.97 Å². The van der Waals surface area contributed by atoms with Gasteiger partial charge in [-0.25, -0.2) is 9.97 Å². The van der Waals surface area contributed by atoms with Crippen LogP contribution in [0, 0.1) is 0 Å². The van der Waals surface area contributed by atoms with E-state index in [9.17, 15) is 0 Å². The van der Waals surface area contributed by atoms with Crippen molar-refractivity contribution in [2.75, 3.05) is 0 Å². The molecule has 16 aromatic rings. The topological polar surface area (TPSA) is 48.5 Å². The Morgan fingerprint density at radius 1 is 0.325 bits per heavy atom. The largest absolute Gasteiger partial charge is 0.331 e. The van der Waals surface area contributed by atoms with Crippen molar-refractivity contribution in [3.63, 3.8) is 0 Å². The van der Waals surface area contributed by atoms with E-state index in [1.165, 1.54) is 109 Å². The summed E-state index contributed by atoms with van der Waals surface area (Å²) in [4.78, 5) is 14.9. The van der Waals surface area contributed by atoms with Crippen molar-refractivity contribution >= 4 is 86.7 Å². The smallest absolute Gasteiger partial charge is 0.145 e. The molecule has 0 aliphatic carbocycles. The van der Waals surface area contributed by atoms with E-state index in [1.807, 2.05) is 24.5 Å². The van der Waals surface area contributed by atoms with Crippen LogP contribution in [0.1, 0.15) is 11.4 Å². The van der Waals surface area contributed by atoms with Crippen molar-refractivity contribution in [2.24, 2.45) is 7.05 Å². The molecular formula is C75H49N5. The highest BCUT2D eigenvalue weighted by Crippen LogP contribution is 2.47. The summed E-state index contributed by atoms with van der Waals surface area (Å²) in [5.74, 6) is 1.92. The zero-order valence-corrected chi connectivity index (χ0v) is 43.8. The van der Waals surface area contributed by atoms with Gasteiger partial charge in [0.15, 0.2) is 0 Å². The molecule has 5 heteroatoms. The number of nitrogens with zero attached hydrogens (tertiary/aromatic N) is 5. The third-order valence-corrected chi connectivity index (χ3v) is 16.6. The third-order valence-electron chi connectivity index (χ3n) is 16.6. The summed E-state index contributed by atoms with van der Waals surface area (Å²) in [6.07, 6.45) is 4.38. The number of aryl methyl sites for hydroxylation is 1. The zero-order chi connectivity index (χ0) is 52.8. The molecule has 0 radical (unpaired) electrons. The number of para-hydroxylation sites is 1. The molecule has 13 aromatic carbocycles. The normalized spacial score (nSPS) is 11.9. The van der Waals surface area contributed by atoms with Gasteiger partial charge in [-0.15, -0.1) is 0 Å². The van der Waals surface area contributed by atoms with Crippen LogP contribution in [0.4, 0.5) is 0 Å². The van der Waals surface area contributed by atoms with Crippen LogP contribution in [0.5, 0.6) is 0 Å². The predicted molar refractivity (Wildman–Crippen MR) is 335 cm³/mol. The Labute approximate surface area is 462 Å². The van der Waals surface area contributed by atoms with Gasteiger partial charge in [0.05, 0.1) is 22.1 Å². The number of fused-ring (bicyclic) bond motifs is 8. The van der Waals surface area contributed by atoms with E-state index in [2.05, 4.69) is 264 Å². The molecule has 0 aliphatic rings. The average molecular weight is 1020 g/mol. The number of rotatable bonds is 8. The zero-order valence-electron chi connectivity index (χ0n) is 43.8. The maximum Gasteiger partial charge on any atom is 0.145 e. The number of hydrogen-bond acceptors (Lipinski definition) is 3. The molecule has 16 rings (SSSR count). The SMILES string of the molecule is Cn1c(Cc2ccc3cc(-c4c5ccccc5c(-c5ccc6c(c5)nc(-c5ccncc5)n6-c5ccccc5)c5ccccc45)ccc3c2)nc2ccc(-c3c4ccccc4c(-c4ccc5ccccc5c4)c4ccccc34)cc21. The number of aromatic nitrogens is 5. The fourth-order valence-electron chi connectivity index (χ4n) is 12.9. The van der Waals surface area contributed by atoms with Gasteiger partial charge in [-0.05, 0) is 175 Å². The minimum Gasteiger partial charge on any atom is -0.331 e. The van der Waals surface area contributed by atoms with E-state index in [1.54, 1.807) is 0 Å². The lowest BCUT2D eigenvalue weighted by Crippen LogP contribution is -1.99. The monoisotopic (exact) mass is 1020 g/mol. The van der Waals surface area contributed by atoms with E-state index in [0.29, 0.717) is 6.42 Å². The summed E-state index contributed by atoms with van der Waals surface area (Å²) in [6.45, 7) is 0. The molecule has 0 aliphatic heterocycles. The van der Waals surface area contributed by atoms with Crippen molar-refractivity contribution in [3.8, 4) is 61.6 Å². The molecule has 0 saturated carbocycles. The predicted octanol–water partition coefficient (Wildman–Crippen LogP) is 19.2. The second-order valence-electron chi connectivity index (χ2n) is 21.2. The Morgan fingerprint density at radius 2 is 0.775 bits per heavy atom. The second kappa shape index (κ2) is 18.3. The molecule has 80 heavy (non-hydrogen) atoms. The molecular weight excluding hydrogens is 971 g/mol. The van der Waals surface area contributed by atoms with Crippen LogP contribution >= 0.6 is 0 Å². The lowest BCUT2D eigenvalue weighted by Gasteiger charge is -2.18. The van der Waals surface area contributed by atoms with Gasteiger partial charge in [0.1, 0.15) is 11.6 Å².